The van der Waals surface area contributed by atoms with Crippen LogP contribution in [0, 0.1) is 0 Å². The molecule has 12 heteroatoms. The largest absolute Gasteiger partial charge is 0.494 e. The number of nitrogens with zero attached hydrogens (tertiary/aromatic N) is 2. The van der Waals surface area contributed by atoms with Gasteiger partial charge in [0.2, 0.25) is 0 Å². The number of carbonyl (C=O) groups excluding carboxylic acids is 1. The Morgan fingerprint density at radius 1 is 1.15 bits per heavy atom. The van der Waals surface area contributed by atoms with E-state index in [1.54, 1.807) is 0 Å². The third-order valence-corrected chi connectivity index (χ3v) is 6.90. The molecule has 0 radical (unpaired) electrons. The quantitative estimate of drug-likeness (QED) is 0.591. The molecule has 4 rings (SSSR count). The van der Waals surface area contributed by atoms with Gasteiger partial charge < -0.3 is 14.8 Å². The fourth-order valence-electron chi connectivity index (χ4n) is 3.40. The van der Waals surface area contributed by atoms with Crippen LogP contribution in [0.15, 0.2) is 65.8 Å². The summed E-state index contributed by atoms with van der Waals surface area (Å²) in [5, 5.41) is 2.61. The zero-order valence-corrected chi connectivity index (χ0v) is 18.5. The van der Waals surface area contributed by atoms with Crippen molar-refractivity contribution in [3.63, 3.8) is 0 Å². The Morgan fingerprint density at radius 2 is 1.88 bits per heavy atom. The lowest BCUT2D eigenvalue weighted by Crippen LogP contribution is -2.32. The number of pyridine rings is 1. The number of carbonyl (C=O) groups is 1. The number of methoxy groups -OCH3 is 1. The molecule has 178 valence electrons. The van der Waals surface area contributed by atoms with Crippen molar-refractivity contribution in [3.05, 3.63) is 72.1 Å². The van der Waals surface area contributed by atoms with Crippen LogP contribution in [0.5, 0.6) is 11.5 Å². The van der Waals surface area contributed by atoms with Crippen molar-refractivity contribution >= 4 is 27.3 Å². The van der Waals surface area contributed by atoms with E-state index in [0.29, 0.717) is 0 Å². The Labute approximate surface area is 193 Å². The van der Waals surface area contributed by atoms with Gasteiger partial charge in [0.1, 0.15) is 23.0 Å². The number of fused-ring (bicyclic) bond motifs is 1. The molecule has 0 atom stereocenters. The molecule has 1 aromatic heterocycles. The molecule has 0 saturated carbocycles. The smallest absolute Gasteiger partial charge is 0.416 e. The fraction of sp³-hybridized carbons (Fsp3) is 0.182. The topological polar surface area (TPSA) is 97.8 Å². The second kappa shape index (κ2) is 8.86. The second-order valence-corrected chi connectivity index (χ2v) is 8.99. The molecule has 2 heterocycles. The molecule has 0 aliphatic carbocycles. The van der Waals surface area contributed by atoms with Crippen LogP contribution in [0.1, 0.15) is 15.9 Å². The van der Waals surface area contributed by atoms with Gasteiger partial charge in [-0.1, -0.05) is 0 Å². The number of benzene rings is 2. The van der Waals surface area contributed by atoms with E-state index in [2.05, 4.69) is 10.3 Å². The van der Waals surface area contributed by atoms with Crippen molar-refractivity contribution in [3.8, 4) is 11.5 Å². The number of nitrogens with one attached hydrogen (secondary N) is 1. The SMILES string of the molecule is COc1cnccc1C(=O)Nc1ccc2c(c1)S(=O)(=O)N(c1ccc(C(F)(F)F)cc1)CCO2. The normalized spacial score (nSPS) is 15.0. The number of ether oxygens (including phenoxy) is 2. The molecule has 0 fully saturated rings. The first kappa shape index (κ1) is 23.4. The Kier molecular flexibility index (Phi) is 6.09. The minimum Gasteiger partial charge on any atom is -0.494 e. The molecule has 1 amide bonds. The highest BCUT2D eigenvalue weighted by Gasteiger charge is 2.34. The number of rotatable bonds is 4. The van der Waals surface area contributed by atoms with Crippen molar-refractivity contribution in [2.45, 2.75) is 11.1 Å². The van der Waals surface area contributed by atoms with Gasteiger partial charge in [0, 0.05) is 11.9 Å². The Bertz CT molecular complexity index is 1330. The Morgan fingerprint density at radius 3 is 2.56 bits per heavy atom. The number of hydrogen-bond acceptors (Lipinski definition) is 6. The summed E-state index contributed by atoms with van der Waals surface area (Å²) >= 11 is 0. The van der Waals surface area contributed by atoms with Gasteiger partial charge in [0.15, 0.2) is 0 Å². The van der Waals surface area contributed by atoms with Gasteiger partial charge in [-0.25, -0.2) is 8.42 Å². The van der Waals surface area contributed by atoms with Crippen LogP contribution in [0.25, 0.3) is 0 Å². The van der Waals surface area contributed by atoms with E-state index in [-0.39, 0.29) is 46.5 Å². The highest BCUT2D eigenvalue weighted by atomic mass is 32.2. The third kappa shape index (κ3) is 4.49. The van der Waals surface area contributed by atoms with Gasteiger partial charge in [0.25, 0.3) is 15.9 Å². The molecule has 8 nitrogen and oxygen atoms in total. The molecule has 0 saturated heterocycles. The summed E-state index contributed by atoms with van der Waals surface area (Å²) in [6.07, 6.45) is -1.77. The Balaban J connectivity index is 1.66. The minimum absolute atomic E-state index is 0.0207. The standard InChI is InChI=1S/C22H18F3N3O5S/c1-32-19-13-26-9-8-17(19)21(29)27-15-4-7-18-20(12-15)34(30,31)28(10-11-33-18)16-5-2-14(3-6-16)22(23,24)25/h2-9,12-13H,10-11H2,1H3,(H,27,29). The van der Waals surface area contributed by atoms with Crippen molar-refractivity contribution in [1.82, 2.24) is 4.98 Å². The number of anilines is 2. The molecular formula is C22H18F3N3O5S. The molecular weight excluding hydrogens is 475 g/mol. The van der Waals surface area contributed by atoms with Crippen molar-refractivity contribution < 1.29 is 35.9 Å². The van der Waals surface area contributed by atoms with E-state index < -0.39 is 27.7 Å². The van der Waals surface area contributed by atoms with E-state index in [1.165, 1.54) is 43.8 Å². The second-order valence-electron chi connectivity index (χ2n) is 7.16. The summed E-state index contributed by atoms with van der Waals surface area (Å²) < 4.78 is 77.1. The summed E-state index contributed by atoms with van der Waals surface area (Å²) in [7, 11) is -2.83. The predicted octanol–water partition coefficient (Wildman–Crippen LogP) is 3.95. The molecule has 0 unspecified atom stereocenters. The average Bonchev–Trinajstić information content (AvgIpc) is 2.94. The van der Waals surface area contributed by atoms with Crippen LogP contribution in [0.2, 0.25) is 0 Å². The monoisotopic (exact) mass is 493 g/mol. The van der Waals surface area contributed by atoms with E-state index >= 15 is 0 Å². The van der Waals surface area contributed by atoms with Crippen LogP contribution < -0.4 is 19.1 Å². The lowest BCUT2D eigenvalue weighted by atomic mass is 10.2. The molecule has 1 aliphatic heterocycles. The first-order valence-corrected chi connectivity index (χ1v) is 11.3. The molecule has 1 aliphatic rings. The molecule has 0 spiro atoms. The summed E-state index contributed by atoms with van der Waals surface area (Å²) in [6.45, 7) is -0.133. The van der Waals surface area contributed by atoms with Gasteiger partial charge in [-0.3, -0.25) is 14.1 Å². The van der Waals surface area contributed by atoms with Gasteiger partial charge in [-0.2, -0.15) is 13.2 Å². The fourth-order valence-corrected chi connectivity index (χ4v) is 5.01. The van der Waals surface area contributed by atoms with Crippen LogP contribution in [-0.2, 0) is 16.2 Å². The van der Waals surface area contributed by atoms with Crippen LogP contribution in [-0.4, -0.2) is 39.6 Å². The number of aromatic nitrogens is 1. The summed E-state index contributed by atoms with van der Waals surface area (Å²) in [6, 6.07) is 9.38. The van der Waals surface area contributed by atoms with Crippen LogP contribution in [0.4, 0.5) is 24.5 Å². The van der Waals surface area contributed by atoms with Crippen molar-refractivity contribution in [2.75, 3.05) is 29.9 Å². The summed E-state index contributed by atoms with van der Waals surface area (Å²) in [4.78, 5) is 16.3. The number of hydrogen-bond donors (Lipinski definition) is 1. The number of amides is 1. The first-order valence-electron chi connectivity index (χ1n) is 9.87. The number of sulfonamides is 1. The first-order chi connectivity index (χ1) is 16.1. The third-order valence-electron chi connectivity index (χ3n) is 5.05. The Hall–Kier alpha value is -3.80. The lowest BCUT2D eigenvalue weighted by molar-refractivity contribution is -0.137. The number of halogens is 3. The van der Waals surface area contributed by atoms with Gasteiger partial charge >= 0.3 is 6.18 Å². The molecule has 1 N–H and O–H groups in total. The van der Waals surface area contributed by atoms with Crippen LogP contribution >= 0.6 is 0 Å². The molecule has 2 aromatic carbocycles. The van der Waals surface area contributed by atoms with E-state index in [9.17, 15) is 26.4 Å². The van der Waals surface area contributed by atoms with E-state index in [1.807, 2.05) is 0 Å². The maximum atomic E-state index is 13.4. The highest BCUT2D eigenvalue weighted by molar-refractivity contribution is 7.93. The predicted molar refractivity (Wildman–Crippen MR) is 117 cm³/mol. The zero-order chi connectivity index (χ0) is 24.5. The molecule has 0 bridgehead atoms. The van der Waals surface area contributed by atoms with Crippen LogP contribution in [0.3, 0.4) is 0 Å². The number of alkyl halides is 3. The van der Waals surface area contributed by atoms with Gasteiger partial charge in [0.05, 0.1) is 36.7 Å². The zero-order valence-electron chi connectivity index (χ0n) is 17.7. The van der Waals surface area contributed by atoms with E-state index in [0.717, 1.165) is 28.6 Å². The summed E-state index contributed by atoms with van der Waals surface area (Å²) in [5.41, 5.74) is -0.473. The molecule has 34 heavy (non-hydrogen) atoms. The van der Waals surface area contributed by atoms with Gasteiger partial charge in [-0.05, 0) is 48.5 Å². The van der Waals surface area contributed by atoms with E-state index in [4.69, 9.17) is 9.47 Å². The average molecular weight is 493 g/mol. The molecule has 3 aromatic rings. The summed E-state index contributed by atoms with van der Waals surface area (Å²) in [5.74, 6) is -0.251. The van der Waals surface area contributed by atoms with Crippen molar-refractivity contribution in [1.29, 1.82) is 0 Å². The minimum atomic E-state index is -4.55. The maximum absolute atomic E-state index is 13.4. The maximum Gasteiger partial charge on any atom is 0.416 e. The van der Waals surface area contributed by atoms with Gasteiger partial charge in [-0.15, -0.1) is 0 Å². The van der Waals surface area contributed by atoms with Crippen molar-refractivity contribution in [2.24, 2.45) is 0 Å². The lowest BCUT2D eigenvalue weighted by Gasteiger charge is -2.22. The highest BCUT2D eigenvalue weighted by Crippen LogP contribution is 2.36.